The minimum absolute atomic E-state index is 0.413. The largest absolute Gasteiger partial charge is 0.389 e. The number of thiocarbonyl (C=S) groups is 1. The first-order chi connectivity index (χ1) is 10.1. The molecule has 21 heavy (non-hydrogen) atoms. The molecule has 0 aliphatic heterocycles. The number of hydrogen-bond acceptors (Lipinski definition) is 4. The van der Waals surface area contributed by atoms with Crippen LogP contribution in [0.3, 0.4) is 0 Å². The summed E-state index contributed by atoms with van der Waals surface area (Å²) in [6.45, 7) is 4.20. The molecule has 1 heterocycles. The second-order valence-electron chi connectivity index (χ2n) is 4.62. The second kappa shape index (κ2) is 6.95. The molecule has 0 bridgehead atoms. The number of benzene rings is 1. The third kappa shape index (κ3) is 3.57. The number of thioether (sulfide) groups is 1. The van der Waals surface area contributed by atoms with Crippen LogP contribution in [0.1, 0.15) is 25.1 Å². The molecular weight excluding hydrogens is 300 g/mol. The first-order valence-corrected chi connectivity index (χ1v) is 8.31. The molecule has 0 saturated carbocycles. The maximum Gasteiger partial charge on any atom is 0.107 e. The molecule has 0 radical (unpaired) electrons. The molecule has 4 nitrogen and oxygen atoms in total. The highest BCUT2D eigenvalue weighted by molar-refractivity contribution is 7.99. The molecule has 0 unspecified atom stereocenters. The summed E-state index contributed by atoms with van der Waals surface area (Å²) in [4.78, 5) is 1.52. The lowest BCUT2D eigenvalue weighted by Crippen LogP contribution is -2.13. The molecule has 0 spiro atoms. The van der Waals surface area contributed by atoms with Gasteiger partial charge in [-0.05, 0) is 24.3 Å². The van der Waals surface area contributed by atoms with Crippen molar-refractivity contribution in [1.29, 1.82) is 0 Å². The number of nitrogens with two attached hydrogens (primary N) is 1. The van der Waals surface area contributed by atoms with Crippen molar-refractivity contribution >= 4 is 40.3 Å². The Bertz CT molecular complexity index is 649. The molecule has 2 rings (SSSR count). The lowest BCUT2D eigenvalue weighted by Gasteiger charge is -2.14. The standard InChI is InChI=1S/C15H20N4S2/c1-4-10-12(9-19(3)18-10)17-11-7-6-8-13(21-5-2)14(11)15(16)20/h6-9,17H,4-5H2,1-3H3,(H2,16,20). The van der Waals surface area contributed by atoms with E-state index in [0.29, 0.717) is 4.99 Å². The summed E-state index contributed by atoms with van der Waals surface area (Å²) >= 11 is 6.98. The van der Waals surface area contributed by atoms with Gasteiger partial charge in [0, 0.05) is 29.4 Å². The number of aromatic nitrogens is 2. The average molecular weight is 320 g/mol. The van der Waals surface area contributed by atoms with Gasteiger partial charge in [0.15, 0.2) is 0 Å². The zero-order valence-electron chi connectivity index (χ0n) is 12.5. The van der Waals surface area contributed by atoms with Crippen molar-refractivity contribution in [1.82, 2.24) is 9.78 Å². The van der Waals surface area contributed by atoms with Crippen molar-refractivity contribution in [3.05, 3.63) is 35.7 Å². The molecule has 3 N–H and O–H groups in total. The lowest BCUT2D eigenvalue weighted by atomic mass is 10.1. The number of rotatable bonds is 6. The summed E-state index contributed by atoms with van der Waals surface area (Å²) in [7, 11) is 1.92. The molecule has 1 aromatic heterocycles. The van der Waals surface area contributed by atoms with E-state index in [1.54, 1.807) is 11.8 Å². The van der Waals surface area contributed by atoms with Gasteiger partial charge < -0.3 is 11.1 Å². The van der Waals surface area contributed by atoms with Gasteiger partial charge in [-0.15, -0.1) is 11.8 Å². The van der Waals surface area contributed by atoms with Crippen LogP contribution >= 0.6 is 24.0 Å². The quantitative estimate of drug-likeness (QED) is 0.630. The van der Waals surface area contributed by atoms with E-state index in [9.17, 15) is 0 Å². The Hall–Kier alpha value is -1.53. The summed E-state index contributed by atoms with van der Waals surface area (Å²) in [5.41, 5.74) is 9.80. The number of hydrogen-bond donors (Lipinski definition) is 2. The van der Waals surface area contributed by atoms with Crippen LogP contribution < -0.4 is 11.1 Å². The van der Waals surface area contributed by atoms with Crippen LogP contribution in [0.2, 0.25) is 0 Å². The lowest BCUT2D eigenvalue weighted by molar-refractivity contribution is 0.746. The Balaban J connectivity index is 2.43. The van der Waals surface area contributed by atoms with Crippen molar-refractivity contribution in [2.45, 2.75) is 25.2 Å². The predicted molar refractivity (Wildman–Crippen MR) is 94.6 cm³/mol. The van der Waals surface area contributed by atoms with Gasteiger partial charge in [0.2, 0.25) is 0 Å². The van der Waals surface area contributed by atoms with Crippen LogP contribution in [0.4, 0.5) is 11.4 Å². The van der Waals surface area contributed by atoms with Gasteiger partial charge in [-0.3, -0.25) is 4.68 Å². The molecule has 0 amide bonds. The van der Waals surface area contributed by atoms with Crippen LogP contribution in [-0.2, 0) is 13.5 Å². The summed E-state index contributed by atoms with van der Waals surface area (Å²) < 4.78 is 1.81. The van der Waals surface area contributed by atoms with Crippen LogP contribution in [-0.4, -0.2) is 20.5 Å². The van der Waals surface area contributed by atoms with Gasteiger partial charge in [-0.2, -0.15) is 5.10 Å². The second-order valence-corrected chi connectivity index (χ2v) is 6.36. The monoisotopic (exact) mass is 320 g/mol. The fourth-order valence-corrected chi connectivity index (χ4v) is 3.34. The third-order valence-electron chi connectivity index (χ3n) is 3.08. The Morgan fingerprint density at radius 3 is 2.76 bits per heavy atom. The first-order valence-electron chi connectivity index (χ1n) is 6.92. The fourth-order valence-electron chi connectivity index (χ4n) is 2.21. The Morgan fingerprint density at radius 1 is 1.38 bits per heavy atom. The molecule has 0 aliphatic rings. The van der Waals surface area contributed by atoms with Crippen LogP contribution in [0.5, 0.6) is 0 Å². The molecule has 0 atom stereocenters. The predicted octanol–water partition coefficient (Wildman–Crippen LogP) is 3.47. The Labute approximate surface area is 135 Å². The summed E-state index contributed by atoms with van der Waals surface area (Å²) in [5.74, 6) is 0.978. The maximum absolute atomic E-state index is 5.93. The molecule has 1 aromatic carbocycles. The topological polar surface area (TPSA) is 55.9 Å². The summed E-state index contributed by atoms with van der Waals surface area (Å²) in [6.07, 6.45) is 2.84. The highest BCUT2D eigenvalue weighted by Gasteiger charge is 2.13. The van der Waals surface area contributed by atoms with Crippen LogP contribution in [0.25, 0.3) is 0 Å². The zero-order valence-corrected chi connectivity index (χ0v) is 14.1. The normalized spacial score (nSPS) is 10.6. The van der Waals surface area contributed by atoms with E-state index in [4.69, 9.17) is 18.0 Å². The van der Waals surface area contributed by atoms with Crippen LogP contribution in [0, 0.1) is 0 Å². The molecule has 0 aliphatic carbocycles. The zero-order chi connectivity index (χ0) is 15.4. The van der Waals surface area contributed by atoms with E-state index in [-0.39, 0.29) is 0 Å². The van der Waals surface area contributed by atoms with Crippen molar-refractivity contribution in [2.75, 3.05) is 11.1 Å². The highest BCUT2D eigenvalue weighted by atomic mass is 32.2. The third-order valence-corrected chi connectivity index (χ3v) is 4.23. The molecule has 6 heteroatoms. The number of anilines is 2. The maximum atomic E-state index is 5.93. The van der Waals surface area contributed by atoms with Gasteiger partial charge >= 0.3 is 0 Å². The van der Waals surface area contributed by atoms with Gasteiger partial charge in [-0.1, -0.05) is 32.1 Å². The minimum Gasteiger partial charge on any atom is -0.389 e. The van der Waals surface area contributed by atoms with E-state index in [1.807, 2.05) is 30.1 Å². The molecule has 0 fully saturated rings. The van der Waals surface area contributed by atoms with E-state index in [0.717, 1.165) is 39.7 Å². The van der Waals surface area contributed by atoms with Gasteiger partial charge in [0.1, 0.15) is 4.99 Å². The molecule has 0 saturated heterocycles. The van der Waals surface area contributed by atoms with E-state index in [1.165, 1.54) is 0 Å². The number of nitrogens with one attached hydrogen (secondary N) is 1. The average Bonchev–Trinajstić information content (AvgIpc) is 2.79. The molecular formula is C15H20N4S2. The van der Waals surface area contributed by atoms with Gasteiger partial charge in [-0.25, -0.2) is 0 Å². The molecule has 2 aromatic rings. The highest BCUT2D eigenvalue weighted by Crippen LogP contribution is 2.31. The fraction of sp³-hybridized carbons (Fsp3) is 0.333. The first kappa shape index (κ1) is 15.9. The van der Waals surface area contributed by atoms with Crippen LogP contribution in [0.15, 0.2) is 29.3 Å². The van der Waals surface area contributed by atoms with Crippen molar-refractivity contribution in [2.24, 2.45) is 12.8 Å². The van der Waals surface area contributed by atoms with Gasteiger partial charge in [0.25, 0.3) is 0 Å². The smallest absolute Gasteiger partial charge is 0.107 e. The van der Waals surface area contributed by atoms with E-state index < -0.39 is 0 Å². The summed E-state index contributed by atoms with van der Waals surface area (Å²) in [6, 6.07) is 6.07. The Kier molecular flexibility index (Phi) is 5.25. The van der Waals surface area contributed by atoms with Crippen molar-refractivity contribution in [3.63, 3.8) is 0 Å². The van der Waals surface area contributed by atoms with E-state index in [2.05, 4.69) is 30.3 Å². The minimum atomic E-state index is 0.413. The molecule has 112 valence electrons. The van der Waals surface area contributed by atoms with Crippen molar-refractivity contribution < 1.29 is 0 Å². The van der Waals surface area contributed by atoms with Gasteiger partial charge in [0.05, 0.1) is 11.4 Å². The number of aryl methyl sites for hydroxylation is 2. The van der Waals surface area contributed by atoms with E-state index >= 15 is 0 Å². The number of nitrogens with zero attached hydrogens (tertiary/aromatic N) is 2. The van der Waals surface area contributed by atoms with Crippen molar-refractivity contribution in [3.8, 4) is 0 Å². The summed E-state index contributed by atoms with van der Waals surface area (Å²) in [5, 5.41) is 7.87. The SMILES string of the molecule is CCSc1cccc(Nc2cn(C)nc2CC)c1C(N)=S. The Morgan fingerprint density at radius 2 is 2.14 bits per heavy atom.